The first-order valence-corrected chi connectivity index (χ1v) is 8.16. The molecule has 2 aromatic carbocycles. The van der Waals surface area contributed by atoms with Crippen molar-refractivity contribution in [2.75, 3.05) is 5.32 Å². The van der Waals surface area contributed by atoms with Crippen LogP contribution >= 0.6 is 0 Å². The summed E-state index contributed by atoms with van der Waals surface area (Å²) in [5.74, 6) is 0.450. The molecule has 1 amide bonds. The van der Waals surface area contributed by atoms with Gasteiger partial charge in [0, 0.05) is 23.5 Å². The molecule has 0 bridgehead atoms. The van der Waals surface area contributed by atoms with Crippen LogP contribution in [0.3, 0.4) is 0 Å². The van der Waals surface area contributed by atoms with Crippen molar-refractivity contribution in [3.05, 3.63) is 78.6 Å². The van der Waals surface area contributed by atoms with Crippen molar-refractivity contribution in [3.8, 4) is 5.69 Å². The summed E-state index contributed by atoms with van der Waals surface area (Å²) < 4.78 is 3.75. The van der Waals surface area contributed by atoms with Gasteiger partial charge >= 0.3 is 0 Å². The SMILES string of the molecule is Cc1cc2ccccc2n1CC(=O)Nc1ccn(-c2ccccc2)n1. The molecule has 0 unspecified atom stereocenters. The second-order valence-corrected chi connectivity index (χ2v) is 5.96. The van der Waals surface area contributed by atoms with Crippen LogP contribution in [0, 0.1) is 6.92 Å². The summed E-state index contributed by atoms with van der Waals surface area (Å²) >= 11 is 0. The van der Waals surface area contributed by atoms with Crippen molar-refractivity contribution in [3.63, 3.8) is 0 Å². The van der Waals surface area contributed by atoms with Crippen LogP contribution in [-0.4, -0.2) is 20.3 Å². The lowest BCUT2D eigenvalue weighted by Gasteiger charge is -2.08. The molecule has 0 aliphatic rings. The molecule has 2 heterocycles. The fourth-order valence-corrected chi connectivity index (χ4v) is 3.00. The zero-order chi connectivity index (χ0) is 17.2. The summed E-state index contributed by atoms with van der Waals surface area (Å²) in [7, 11) is 0. The van der Waals surface area contributed by atoms with Crippen molar-refractivity contribution >= 4 is 22.6 Å². The average molecular weight is 330 g/mol. The quantitative estimate of drug-likeness (QED) is 0.619. The number of hydrogen-bond donors (Lipinski definition) is 1. The molecule has 4 rings (SSSR count). The van der Waals surface area contributed by atoms with Gasteiger partial charge < -0.3 is 9.88 Å². The number of rotatable bonds is 4. The highest BCUT2D eigenvalue weighted by Crippen LogP contribution is 2.19. The predicted octanol–water partition coefficient (Wildman–Crippen LogP) is 3.77. The second-order valence-electron chi connectivity index (χ2n) is 5.96. The Morgan fingerprint density at radius 1 is 1.04 bits per heavy atom. The van der Waals surface area contributed by atoms with E-state index in [-0.39, 0.29) is 12.5 Å². The van der Waals surface area contributed by atoms with Gasteiger partial charge in [-0.15, -0.1) is 0 Å². The maximum absolute atomic E-state index is 12.4. The Morgan fingerprint density at radius 2 is 1.80 bits per heavy atom. The number of carbonyl (C=O) groups excluding carboxylic acids is 1. The monoisotopic (exact) mass is 330 g/mol. The number of aryl methyl sites for hydroxylation is 1. The van der Waals surface area contributed by atoms with E-state index in [4.69, 9.17) is 0 Å². The van der Waals surface area contributed by atoms with Crippen LogP contribution in [0.25, 0.3) is 16.6 Å². The summed E-state index contributed by atoms with van der Waals surface area (Å²) in [4.78, 5) is 12.4. The molecule has 124 valence electrons. The normalized spacial score (nSPS) is 10.9. The summed E-state index contributed by atoms with van der Waals surface area (Å²) in [6, 6.07) is 21.8. The predicted molar refractivity (Wildman–Crippen MR) is 98.9 cm³/mol. The van der Waals surface area contributed by atoms with E-state index in [1.807, 2.05) is 66.2 Å². The van der Waals surface area contributed by atoms with Crippen LogP contribution in [0.2, 0.25) is 0 Å². The zero-order valence-corrected chi connectivity index (χ0v) is 13.9. The molecule has 4 aromatic rings. The second kappa shape index (κ2) is 6.28. The Bertz CT molecular complexity index is 1030. The van der Waals surface area contributed by atoms with Gasteiger partial charge in [0.05, 0.1) is 5.69 Å². The third-order valence-corrected chi connectivity index (χ3v) is 4.20. The minimum atomic E-state index is -0.0947. The number of nitrogens with one attached hydrogen (secondary N) is 1. The Balaban J connectivity index is 1.51. The average Bonchev–Trinajstić information content (AvgIpc) is 3.21. The largest absolute Gasteiger partial charge is 0.335 e. The lowest BCUT2D eigenvalue weighted by molar-refractivity contribution is -0.116. The van der Waals surface area contributed by atoms with E-state index in [1.165, 1.54) is 0 Å². The van der Waals surface area contributed by atoms with E-state index in [2.05, 4.69) is 22.5 Å². The number of hydrogen-bond acceptors (Lipinski definition) is 2. The van der Waals surface area contributed by atoms with Crippen LogP contribution in [-0.2, 0) is 11.3 Å². The molecule has 5 nitrogen and oxygen atoms in total. The summed E-state index contributed by atoms with van der Waals surface area (Å²) in [5, 5.41) is 8.42. The molecule has 0 spiro atoms. The first kappa shape index (κ1) is 15.2. The number of amides is 1. The standard InChI is InChI=1S/C20H18N4O/c1-15-13-16-7-5-6-10-18(16)23(15)14-20(25)21-19-11-12-24(22-19)17-8-3-2-4-9-17/h2-13H,14H2,1H3,(H,21,22,25). The fraction of sp³-hybridized carbons (Fsp3) is 0.100. The molecule has 0 fully saturated rings. The number of carbonyl (C=O) groups is 1. The van der Waals surface area contributed by atoms with Crippen molar-refractivity contribution in [1.82, 2.24) is 14.3 Å². The molecule has 0 aliphatic heterocycles. The number of anilines is 1. The lowest BCUT2D eigenvalue weighted by atomic mass is 10.2. The highest BCUT2D eigenvalue weighted by Gasteiger charge is 2.11. The number of nitrogens with zero attached hydrogens (tertiary/aromatic N) is 3. The number of para-hydroxylation sites is 2. The van der Waals surface area contributed by atoms with Crippen molar-refractivity contribution < 1.29 is 4.79 Å². The summed E-state index contributed by atoms with van der Waals surface area (Å²) in [6.07, 6.45) is 1.83. The molecular weight excluding hydrogens is 312 g/mol. The molecular formula is C20H18N4O. The maximum Gasteiger partial charge on any atom is 0.245 e. The first-order valence-electron chi connectivity index (χ1n) is 8.16. The van der Waals surface area contributed by atoms with E-state index in [0.29, 0.717) is 5.82 Å². The minimum Gasteiger partial charge on any atom is -0.335 e. The van der Waals surface area contributed by atoms with E-state index in [0.717, 1.165) is 22.3 Å². The number of aromatic nitrogens is 3. The van der Waals surface area contributed by atoms with Crippen LogP contribution in [0.15, 0.2) is 72.9 Å². The van der Waals surface area contributed by atoms with Crippen molar-refractivity contribution in [2.45, 2.75) is 13.5 Å². The molecule has 0 radical (unpaired) electrons. The Labute approximate surface area is 145 Å². The van der Waals surface area contributed by atoms with Gasteiger partial charge in [0.15, 0.2) is 5.82 Å². The number of fused-ring (bicyclic) bond motifs is 1. The van der Waals surface area contributed by atoms with Gasteiger partial charge in [-0.1, -0.05) is 36.4 Å². The zero-order valence-electron chi connectivity index (χ0n) is 13.9. The fourth-order valence-electron chi connectivity index (χ4n) is 3.00. The summed E-state index contributed by atoms with van der Waals surface area (Å²) in [5.41, 5.74) is 3.08. The van der Waals surface area contributed by atoms with E-state index in [9.17, 15) is 4.79 Å². The van der Waals surface area contributed by atoms with Gasteiger partial charge in [0.2, 0.25) is 5.91 Å². The van der Waals surface area contributed by atoms with E-state index in [1.54, 1.807) is 10.7 Å². The van der Waals surface area contributed by atoms with Gasteiger partial charge in [-0.25, -0.2) is 4.68 Å². The maximum atomic E-state index is 12.4. The van der Waals surface area contributed by atoms with Gasteiger partial charge in [0.1, 0.15) is 6.54 Å². The van der Waals surface area contributed by atoms with E-state index < -0.39 is 0 Å². The third kappa shape index (κ3) is 3.04. The highest BCUT2D eigenvalue weighted by molar-refractivity contribution is 5.91. The minimum absolute atomic E-state index is 0.0947. The number of benzene rings is 2. The molecule has 0 atom stereocenters. The Hall–Kier alpha value is -3.34. The van der Waals surface area contributed by atoms with Crippen molar-refractivity contribution in [1.29, 1.82) is 0 Å². The van der Waals surface area contributed by atoms with Gasteiger partial charge in [-0.3, -0.25) is 4.79 Å². The van der Waals surface area contributed by atoms with Gasteiger partial charge in [0.25, 0.3) is 0 Å². The first-order chi connectivity index (χ1) is 12.2. The lowest BCUT2D eigenvalue weighted by Crippen LogP contribution is -2.19. The molecule has 1 N–H and O–H groups in total. The van der Waals surface area contributed by atoms with Crippen LogP contribution < -0.4 is 5.32 Å². The van der Waals surface area contributed by atoms with Crippen molar-refractivity contribution in [2.24, 2.45) is 0 Å². The van der Waals surface area contributed by atoms with Crippen LogP contribution in [0.1, 0.15) is 5.69 Å². The van der Waals surface area contributed by atoms with Crippen LogP contribution in [0.5, 0.6) is 0 Å². The molecule has 0 aliphatic carbocycles. The molecule has 2 aromatic heterocycles. The van der Waals surface area contributed by atoms with Gasteiger partial charge in [-0.05, 0) is 36.6 Å². The molecule has 5 heteroatoms. The van der Waals surface area contributed by atoms with E-state index >= 15 is 0 Å². The Morgan fingerprint density at radius 3 is 2.64 bits per heavy atom. The summed E-state index contributed by atoms with van der Waals surface area (Å²) in [6.45, 7) is 2.27. The van der Waals surface area contributed by atoms with Crippen LogP contribution in [0.4, 0.5) is 5.82 Å². The smallest absolute Gasteiger partial charge is 0.245 e. The van der Waals surface area contributed by atoms with Gasteiger partial charge in [-0.2, -0.15) is 5.10 Å². The topological polar surface area (TPSA) is 51.9 Å². The molecule has 0 saturated heterocycles. The molecule has 25 heavy (non-hydrogen) atoms. The Kier molecular flexibility index (Phi) is 3.82. The molecule has 0 saturated carbocycles. The highest BCUT2D eigenvalue weighted by atomic mass is 16.2. The third-order valence-electron chi connectivity index (χ3n) is 4.20.